The molecule has 1 amide bonds. The molecule has 5 heteroatoms. The van der Waals surface area contributed by atoms with Crippen LogP contribution in [0, 0.1) is 0 Å². The molecule has 0 bridgehead atoms. The van der Waals surface area contributed by atoms with E-state index in [0.29, 0.717) is 6.54 Å². The fraction of sp³-hybridized carbons (Fsp3) is 0.462. The minimum absolute atomic E-state index is 0.322. The number of nitrogens with two attached hydrogens (primary N) is 1. The van der Waals surface area contributed by atoms with Gasteiger partial charge >= 0.3 is 0 Å². The summed E-state index contributed by atoms with van der Waals surface area (Å²) in [4.78, 5) is 11.7. The fourth-order valence-electron chi connectivity index (χ4n) is 2.26. The zero-order chi connectivity index (χ0) is 13.0. The number of hydrogen-bond acceptors (Lipinski definition) is 4. The van der Waals surface area contributed by atoms with Crippen LogP contribution >= 0.6 is 0 Å². The number of methoxy groups -OCH3 is 1. The van der Waals surface area contributed by atoms with E-state index < -0.39 is 5.54 Å². The molecule has 1 aliphatic heterocycles. The molecule has 0 aromatic heterocycles. The molecular weight excluding hydrogens is 230 g/mol. The number of carbonyl (C=O) groups excluding carboxylic acids is 1. The van der Waals surface area contributed by atoms with Crippen molar-refractivity contribution in [3.63, 3.8) is 0 Å². The molecule has 18 heavy (non-hydrogen) atoms. The highest BCUT2D eigenvalue weighted by Crippen LogP contribution is 2.24. The minimum Gasteiger partial charge on any atom is -0.497 e. The van der Waals surface area contributed by atoms with Crippen molar-refractivity contribution < 1.29 is 9.53 Å². The van der Waals surface area contributed by atoms with Crippen molar-refractivity contribution in [3.8, 4) is 5.75 Å². The molecule has 1 fully saturated rings. The molecule has 0 saturated carbocycles. The normalized spacial score (nSPS) is 23.4. The highest BCUT2D eigenvalue weighted by atomic mass is 16.5. The van der Waals surface area contributed by atoms with Crippen molar-refractivity contribution in [2.24, 2.45) is 5.73 Å². The van der Waals surface area contributed by atoms with E-state index in [2.05, 4.69) is 10.6 Å². The van der Waals surface area contributed by atoms with Gasteiger partial charge in [-0.2, -0.15) is 0 Å². The first-order chi connectivity index (χ1) is 8.66. The first-order valence-corrected chi connectivity index (χ1v) is 6.09. The lowest BCUT2D eigenvalue weighted by molar-refractivity contribution is -0.122. The lowest BCUT2D eigenvalue weighted by Gasteiger charge is -2.36. The van der Waals surface area contributed by atoms with Gasteiger partial charge in [0.05, 0.1) is 7.11 Å². The Kier molecular flexibility index (Phi) is 3.72. The maximum Gasteiger partial charge on any atom is 0.244 e. The summed E-state index contributed by atoms with van der Waals surface area (Å²) >= 11 is 0. The molecule has 1 atom stereocenters. The zero-order valence-electron chi connectivity index (χ0n) is 10.5. The summed E-state index contributed by atoms with van der Waals surface area (Å²) < 4.78 is 5.17. The van der Waals surface area contributed by atoms with E-state index in [1.807, 2.05) is 24.3 Å². The van der Waals surface area contributed by atoms with E-state index in [1.165, 1.54) is 0 Å². The van der Waals surface area contributed by atoms with Crippen LogP contribution in [-0.4, -0.2) is 31.6 Å². The largest absolute Gasteiger partial charge is 0.497 e. The Hall–Kier alpha value is -1.75. The Morgan fingerprint density at radius 1 is 1.56 bits per heavy atom. The average Bonchev–Trinajstić information content (AvgIpc) is 2.40. The molecule has 0 spiro atoms. The molecule has 1 saturated heterocycles. The topological polar surface area (TPSA) is 76.4 Å². The maximum atomic E-state index is 11.7. The van der Waals surface area contributed by atoms with E-state index >= 15 is 0 Å². The van der Waals surface area contributed by atoms with Gasteiger partial charge in [-0.1, -0.05) is 6.07 Å². The van der Waals surface area contributed by atoms with Crippen molar-refractivity contribution >= 4 is 11.6 Å². The Morgan fingerprint density at radius 2 is 2.39 bits per heavy atom. The molecule has 0 radical (unpaired) electrons. The lowest BCUT2D eigenvalue weighted by atomic mass is 9.89. The number of carbonyl (C=O) groups is 1. The number of primary amides is 1. The predicted octanol–water partition coefficient (Wildman–Crippen LogP) is 0.715. The zero-order valence-corrected chi connectivity index (χ0v) is 10.5. The number of nitrogens with one attached hydrogen (secondary N) is 2. The summed E-state index contributed by atoms with van der Waals surface area (Å²) in [6.07, 6.45) is 1.67. The third-order valence-corrected chi connectivity index (χ3v) is 3.31. The predicted molar refractivity (Wildman–Crippen MR) is 70.6 cm³/mol. The molecular formula is C13H19N3O2. The van der Waals surface area contributed by atoms with Crippen LogP contribution in [0.15, 0.2) is 24.3 Å². The van der Waals surface area contributed by atoms with Crippen LogP contribution < -0.4 is 21.1 Å². The van der Waals surface area contributed by atoms with Gasteiger partial charge in [-0.15, -0.1) is 0 Å². The van der Waals surface area contributed by atoms with Crippen LogP contribution in [0.5, 0.6) is 5.75 Å². The second-order valence-electron chi connectivity index (χ2n) is 4.58. The Balaban J connectivity index is 2.20. The summed E-state index contributed by atoms with van der Waals surface area (Å²) in [5.41, 5.74) is 5.69. The first-order valence-electron chi connectivity index (χ1n) is 6.09. The van der Waals surface area contributed by atoms with Crippen LogP contribution in [0.25, 0.3) is 0 Å². The van der Waals surface area contributed by atoms with Crippen molar-refractivity contribution in [1.82, 2.24) is 5.32 Å². The van der Waals surface area contributed by atoms with Gasteiger partial charge < -0.3 is 21.1 Å². The number of hydrogen-bond donors (Lipinski definition) is 3. The molecule has 1 aromatic rings. The van der Waals surface area contributed by atoms with Crippen LogP contribution in [-0.2, 0) is 4.79 Å². The molecule has 1 aliphatic rings. The van der Waals surface area contributed by atoms with Gasteiger partial charge in [-0.3, -0.25) is 4.79 Å². The van der Waals surface area contributed by atoms with Gasteiger partial charge in [0.1, 0.15) is 11.3 Å². The van der Waals surface area contributed by atoms with Gasteiger partial charge in [0.15, 0.2) is 0 Å². The molecule has 4 N–H and O–H groups in total. The second-order valence-corrected chi connectivity index (χ2v) is 4.58. The van der Waals surface area contributed by atoms with E-state index in [4.69, 9.17) is 10.5 Å². The van der Waals surface area contributed by atoms with E-state index in [-0.39, 0.29) is 5.91 Å². The van der Waals surface area contributed by atoms with Crippen molar-refractivity contribution in [2.45, 2.75) is 18.4 Å². The smallest absolute Gasteiger partial charge is 0.244 e. The molecule has 98 valence electrons. The van der Waals surface area contributed by atoms with E-state index in [9.17, 15) is 4.79 Å². The SMILES string of the molecule is COc1cccc(NC2(C(N)=O)CCCNC2)c1. The summed E-state index contributed by atoms with van der Waals surface area (Å²) in [5.74, 6) is 0.431. The Bertz CT molecular complexity index is 428. The van der Waals surface area contributed by atoms with Crippen LogP contribution in [0.2, 0.25) is 0 Å². The van der Waals surface area contributed by atoms with Crippen molar-refractivity contribution in [3.05, 3.63) is 24.3 Å². The van der Waals surface area contributed by atoms with Gasteiger partial charge in [-0.25, -0.2) is 0 Å². The van der Waals surface area contributed by atoms with Gasteiger partial charge in [0.25, 0.3) is 0 Å². The van der Waals surface area contributed by atoms with E-state index in [1.54, 1.807) is 7.11 Å². The third-order valence-electron chi connectivity index (χ3n) is 3.31. The van der Waals surface area contributed by atoms with Crippen molar-refractivity contribution in [1.29, 1.82) is 0 Å². The molecule has 1 unspecified atom stereocenters. The minimum atomic E-state index is -0.704. The van der Waals surface area contributed by atoms with Crippen LogP contribution in [0.1, 0.15) is 12.8 Å². The first kappa shape index (κ1) is 12.7. The summed E-state index contributed by atoms with van der Waals surface area (Å²) in [6.45, 7) is 1.48. The third kappa shape index (κ3) is 2.56. The highest BCUT2D eigenvalue weighted by molar-refractivity contribution is 5.88. The highest BCUT2D eigenvalue weighted by Gasteiger charge is 2.37. The number of anilines is 1. The molecule has 1 aromatic carbocycles. The van der Waals surface area contributed by atoms with Crippen molar-refractivity contribution in [2.75, 3.05) is 25.5 Å². The molecule has 0 aliphatic carbocycles. The summed E-state index contributed by atoms with van der Waals surface area (Å²) in [6, 6.07) is 7.51. The van der Waals surface area contributed by atoms with Gasteiger partial charge in [-0.05, 0) is 31.5 Å². The fourth-order valence-corrected chi connectivity index (χ4v) is 2.26. The number of benzene rings is 1. The number of ether oxygens (including phenoxy) is 1. The van der Waals surface area contributed by atoms with Gasteiger partial charge in [0, 0.05) is 18.3 Å². The van der Waals surface area contributed by atoms with Gasteiger partial charge in [0.2, 0.25) is 5.91 Å². The summed E-state index contributed by atoms with van der Waals surface area (Å²) in [5, 5.41) is 6.46. The molecule has 5 nitrogen and oxygen atoms in total. The molecule has 1 heterocycles. The quantitative estimate of drug-likeness (QED) is 0.734. The second kappa shape index (κ2) is 5.27. The average molecular weight is 249 g/mol. The molecule has 2 rings (SSSR count). The Labute approximate surface area is 107 Å². The number of rotatable bonds is 4. The maximum absolute atomic E-state index is 11.7. The lowest BCUT2D eigenvalue weighted by Crippen LogP contribution is -2.59. The van der Waals surface area contributed by atoms with Crippen LogP contribution in [0.4, 0.5) is 5.69 Å². The summed E-state index contributed by atoms with van der Waals surface area (Å²) in [7, 11) is 1.62. The number of amides is 1. The standard InChI is InChI=1S/C13H19N3O2/c1-18-11-5-2-4-10(8-11)16-13(12(14)17)6-3-7-15-9-13/h2,4-5,8,15-16H,3,6-7,9H2,1H3,(H2,14,17). The number of piperidine rings is 1. The van der Waals surface area contributed by atoms with E-state index in [0.717, 1.165) is 30.8 Å². The monoisotopic (exact) mass is 249 g/mol. The Morgan fingerprint density at radius 3 is 3.00 bits per heavy atom. The van der Waals surface area contributed by atoms with Crippen LogP contribution in [0.3, 0.4) is 0 Å².